The van der Waals surface area contributed by atoms with Crippen molar-refractivity contribution < 1.29 is 0 Å². The van der Waals surface area contributed by atoms with Crippen molar-refractivity contribution in [2.75, 3.05) is 24.5 Å². The average molecular weight is 253 g/mol. The summed E-state index contributed by atoms with van der Waals surface area (Å²) in [5.74, 6) is 0. The highest BCUT2D eigenvalue weighted by molar-refractivity contribution is 6.30. The number of anilines is 1. The zero-order valence-electron chi connectivity index (χ0n) is 10.3. The summed E-state index contributed by atoms with van der Waals surface area (Å²) in [6, 6.07) is 6.20. The van der Waals surface area contributed by atoms with Gasteiger partial charge in [-0.25, -0.2) is 0 Å². The van der Waals surface area contributed by atoms with Crippen molar-refractivity contribution in [2.45, 2.75) is 32.1 Å². The van der Waals surface area contributed by atoms with Gasteiger partial charge in [0.2, 0.25) is 0 Å². The van der Waals surface area contributed by atoms with Crippen LogP contribution in [0.2, 0.25) is 5.02 Å². The van der Waals surface area contributed by atoms with Gasteiger partial charge in [-0.15, -0.1) is 0 Å². The molecule has 1 aromatic carbocycles. The Labute approximate surface area is 109 Å². The summed E-state index contributed by atoms with van der Waals surface area (Å²) in [6.07, 6.45) is 6.22. The summed E-state index contributed by atoms with van der Waals surface area (Å²) in [7, 11) is 0. The van der Waals surface area contributed by atoms with Crippen LogP contribution >= 0.6 is 11.6 Å². The van der Waals surface area contributed by atoms with Gasteiger partial charge in [-0.05, 0) is 49.6 Å². The van der Waals surface area contributed by atoms with Crippen molar-refractivity contribution in [1.82, 2.24) is 0 Å². The van der Waals surface area contributed by atoms with Gasteiger partial charge in [-0.3, -0.25) is 0 Å². The first-order valence-corrected chi connectivity index (χ1v) is 6.92. The van der Waals surface area contributed by atoms with E-state index in [0.717, 1.165) is 11.4 Å². The molecule has 2 rings (SSSR count). The highest BCUT2D eigenvalue weighted by atomic mass is 35.5. The van der Waals surface area contributed by atoms with Crippen molar-refractivity contribution in [2.24, 2.45) is 5.73 Å². The van der Waals surface area contributed by atoms with E-state index in [1.54, 1.807) is 0 Å². The summed E-state index contributed by atoms with van der Waals surface area (Å²) in [4.78, 5) is 2.49. The molecule has 2 N–H and O–H groups in total. The Morgan fingerprint density at radius 1 is 1.12 bits per heavy atom. The minimum atomic E-state index is 0.682. The van der Waals surface area contributed by atoms with E-state index in [-0.39, 0.29) is 0 Å². The third-order valence-corrected chi connectivity index (χ3v) is 3.64. The van der Waals surface area contributed by atoms with Gasteiger partial charge in [-0.1, -0.05) is 24.4 Å². The van der Waals surface area contributed by atoms with Crippen LogP contribution in [0.1, 0.15) is 31.2 Å². The zero-order valence-corrected chi connectivity index (χ0v) is 11.0. The van der Waals surface area contributed by atoms with Gasteiger partial charge in [0.1, 0.15) is 0 Å². The number of benzene rings is 1. The fourth-order valence-corrected chi connectivity index (χ4v) is 2.72. The monoisotopic (exact) mass is 252 g/mol. The van der Waals surface area contributed by atoms with Crippen molar-refractivity contribution in [3.8, 4) is 0 Å². The maximum Gasteiger partial charge on any atom is 0.0410 e. The Morgan fingerprint density at radius 3 is 2.47 bits per heavy atom. The lowest BCUT2D eigenvalue weighted by molar-refractivity contribution is 0.726. The van der Waals surface area contributed by atoms with Crippen LogP contribution in [0.25, 0.3) is 0 Å². The topological polar surface area (TPSA) is 29.3 Å². The highest BCUT2D eigenvalue weighted by Gasteiger charge is 2.13. The molecular formula is C14H21ClN2. The molecular weight excluding hydrogens is 232 g/mol. The molecule has 0 radical (unpaired) electrons. The number of hydrogen-bond donors (Lipinski definition) is 1. The lowest BCUT2D eigenvalue weighted by atomic mass is 10.1. The van der Waals surface area contributed by atoms with Crippen molar-refractivity contribution in [1.29, 1.82) is 0 Å². The second kappa shape index (κ2) is 6.27. The van der Waals surface area contributed by atoms with Crippen molar-refractivity contribution in [3.05, 3.63) is 28.8 Å². The van der Waals surface area contributed by atoms with Gasteiger partial charge < -0.3 is 10.6 Å². The number of nitrogens with two attached hydrogens (primary N) is 1. The Hall–Kier alpha value is -0.730. The van der Waals surface area contributed by atoms with Crippen LogP contribution < -0.4 is 10.6 Å². The number of nitrogens with zero attached hydrogens (tertiary/aromatic N) is 1. The minimum absolute atomic E-state index is 0.682. The molecule has 0 atom stereocenters. The minimum Gasteiger partial charge on any atom is -0.371 e. The Kier molecular flexibility index (Phi) is 4.69. The number of hydrogen-bond acceptors (Lipinski definition) is 2. The van der Waals surface area contributed by atoms with Crippen LogP contribution in [0, 0.1) is 0 Å². The smallest absolute Gasteiger partial charge is 0.0410 e. The molecule has 1 aliphatic rings. The molecule has 1 aromatic rings. The lowest BCUT2D eigenvalue weighted by Crippen LogP contribution is -2.25. The molecule has 3 heteroatoms. The third kappa shape index (κ3) is 3.36. The van der Waals surface area contributed by atoms with E-state index in [9.17, 15) is 0 Å². The van der Waals surface area contributed by atoms with E-state index in [4.69, 9.17) is 17.3 Å². The zero-order chi connectivity index (χ0) is 12.1. The fourth-order valence-electron chi connectivity index (χ4n) is 2.53. The second-order valence-electron chi connectivity index (χ2n) is 4.71. The highest BCUT2D eigenvalue weighted by Crippen LogP contribution is 2.26. The van der Waals surface area contributed by atoms with E-state index in [1.807, 2.05) is 6.07 Å². The normalized spacial score (nSPS) is 16.9. The summed E-state index contributed by atoms with van der Waals surface area (Å²) >= 11 is 6.06. The quantitative estimate of drug-likeness (QED) is 0.895. The Bertz CT molecular complexity index is 357. The molecule has 0 spiro atoms. The fraction of sp³-hybridized carbons (Fsp3) is 0.571. The number of halogens is 1. The van der Waals surface area contributed by atoms with E-state index < -0.39 is 0 Å². The Morgan fingerprint density at radius 2 is 1.82 bits per heavy atom. The van der Waals surface area contributed by atoms with Gasteiger partial charge in [0.05, 0.1) is 0 Å². The molecule has 1 aliphatic heterocycles. The molecule has 0 aromatic heterocycles. The van der Waals surface area contributed by atoms with Crippen LogP contribution in [-0.4, -0.2) is 19.6 Å². The van der Waals surface area contributed by atoms with E-state index in [0.29, 0.717) is 6.54 Å². The maximum absolute atomic E-state index is 6.06. The molecule has 0 aliphatic carbocycles. The molecule has 2 nitrogen and oxygen atoms in total. The molecule has 94 valence electrons. The third-order valence-electron chi connectivity index (χ3n) is 3.40. The summed E-state index contributed by atoms with van der Waals surface area (Å²) in [5, 5.41) is 0.812. The number of rotatable bonds is 3. The lowest BCUT2D eigenvalue weighted by Gasteiger charge is -2.25. The van der Waals surface area contributed by atoms with Gasteiger partial charge in [0.15, 0.2) is 0 Å². The molecule has 17 heavy (non-hydrogen) atoms. The first-order chi connectivity index (χ1) is 8.31. The molecule has 1 saturated heterocycles. The first kappa shape index (κ1) is 12.7. The van der Waals surface area contributed by atoms with Gasteiger partial charge >= 0.3 is 0 Å². The predicted octanol–water partition coefficient (Wildman–Crippen LogP) is 3.22. The molecule has 0 unspecified atom stereocenters. The summed E-state index contributed by atoms with van der Waals surface area (Å²) < 4.78 is 0. The summed E-state index contributed by atoms with van der Waals surface area (Å²) in [6.45, 7) is 3.01. The predicted molar refractivity (Wildman–Crippen MR) is 74.9 cm³/mol. The van der Waals surface area contributed by atoms with Crippen molar-refractivity contribution in [3.63, 3.8) is 0 Å². The summed E-state index contributed by atoms with van der Waals surface area (Å²) in [5.41, 5.74) is 8.31. The molecule has 0 bridgehead atoms. The van der Waals surface area contributed by atoms with Crippen molar-refractivity contribution >= 4 is 17.3 Å². The maximum atomic E-state index is 6.06. The van der Waals surface area contributed by atoms with Crippen LogP contribution in [0.15, 0.2) is 18.2 Å². The standard InChI is InChI=1S/C14H21ClN2/c15-13-5-6-14(12(11-13)7-8-16)17-9-3-1-2-4-10-17/h5-6,11H,1-4,7-10,16H2. The van der Waals surface area contributed by atoms with Crippen LogP contribution in [0.4, 0.5) is 5.69 Å². The van der Waals surface area contributed by atoms with Crippen LogP contribution in [-0.2, 0) is 6.42 Å². The molecule has 0 amide bonds. The average Bonchev–Trinajstić information content (AvgIpc) is 2.58. The second-order valence-corrected chi connectivity index (χ2v) is 5.15. The van der Waals surface area contributed by atoms with Gasteiger partial charge in [0, 0.05) is 23.8 Å². The van der Waals surface area contributed by atoms with Crippen LogP contribution in [0.5, 0.6) is 0 Å². The first-order valence-electron chi connectivity index (χ1n) is 6.54. The van der Waals surface area contributed by atoms with Gasteiger partial charge in [-0.2, -0.15) is 0 Å². The SMILES string of the molecule is NCCc1cc(Cl)ccc1N1CCCCCC1. The van der Waals surface area contributed by atoms with E-state index in [2.05, 4.69) is 17.0 Å². The molecule has 0 saturated carbocycles. The largest absolute Gasteiger partial charge is 0.371 e. The van der Waals surface area contributed by atoms with E-state index >= 15 is 0 Å². The Balaban J connectivity index is 2.22. The van der Waals surface area contributed by atoms with Crippen LogP contribution in [0.3, 0.4) is 0 Å². The molecule has 1 heterocycles. The molecule has 1 fully saturated rings. The van der Waals surface area contributed by atoms with Gasteiger partial charge in [0.25, 0.3) is 0 Å². The van der Waals surface area contributed by atoms with E-state index in [1.165, 1.54) is 50.0 Å².